The van der Waals surface area contributed by atoms with Crippen LogP contribution in [-0.2, 0) is 16.4 Å². The molecule has 29 heavy (non-hydrogen) atoms. The van der Waals surface area contributed by atoms with Gasteiger partial charge in [-0.05, 0) is 53.3 Å². The lowest BCUT2D eigenvalue weighted by molar-refractivity contribution is 0.0696. The van der Waals surface area contributed by atoms with Crippen molar-refractivity contribution >= 4 is 27.3 Å². The molecule has 0 spiro atoms. The third kappa shape index (κ3) is 3.85. The molecule has 5 nitrogen and oxygen atoms in total. The van der Waals surface area contributed by atoms with Crippen molar-refractivity contribution in [1.82, 2.24) is 9.62 Å². The molecule has 2 aromatic carbocycles. The fourth-order valence-corrected chi connectivity index (χ4v) is 5.69. The molecule has 2 heterocycles. The molecule has 1 amide bonds. The molecule has 7 heteroatoms. The van der Waals surface area contributed by atoms with Crippen molar-refractivity contribution in [2.24, 2.45) is 0 Å². The van der Waals surface area contributed by atoms with Gasteiger partial charge >= 0.3 is 0 Å². The number of benzene rings is 2. The van der Waals surface area contributed by atoms with E-state index in [1.54, 1.807) is 30.4 Å². The number of nitrogens with zero attached hydrogens (tertiary/aromatic N) is 1. The van der Waals surface area contributed by atoms with E-state index < -0.39 is 10.0 Å². The molecule has 0 fully saturated rings. The topological polar surface area (TPSA) is 66.5 Å². The van der Waals surface area contributed by atoms with Crippen molar-refractivity contribution in [3.63, 3.8) is 0 Å². The summed E-state index contributed by atoms with van der Waals surface area (Å²) in [6, 6.07) is 18.2. The van der Waals surface area contributed by atoms with Gasteiger partial charge in [0.25, 0.3) is 5.91 Å². The molecule has 1 aromatic heterocycles. The van der Waals surface area contributed by atoms with Gasteiger partial charge in [-0.15, -0.1) is 11.3 Å². The van der Waals surface area contributed by atoms with Gasteiger partial charge in [0.15, 0.2) is 0 Å². The largest absolute Gasteiger partial charge is 0.327 e. The number of hydrogen-bond acceptors (Lipinski definition) is 4. The smallest absolute Gasteiger partial charge is 0.254 e. The highest BCUT2D eigenvalue weighted by Gasteiger charge is 2.33. The molecule has 1 atom stereocenters. The Bertz CT molecular complexity index is 1110. The van der Waals surface area contributed by atoms with E-state index in [-0.39, 0.29) is 16.8 Å². The van der Waals surface area contributed by atoms with Crippen LogP contribution in [0.25, 0.3) is 0 Å². The minimum Gasteiger partial charge on any atom is -0.327 e. The molecule has 1 aliphatic heterocycles. The summed E-state index contributed by atoms with van der Waals surface area (Å²) in [7, 11) is -3.54. The number of fused-ring (bicyclic) bond motifs is 1. The second-order valence-electron chi connectivity index (χ2n) is 6.89. The van der Waals surface area contributed by atoms with Crippen LogP contribution in [0.4, 0.5) is 0 Å². The maximum Gasteiger partial charge on any atom is 0.254 e. The second kappa shape index (κ2) is 8.10. The first-order valence-electron chi connectivity index (χ1n) is 9.53. The number of thiophene rings is 1. The summed E-state index contributed by atoms with van der Waals surface area (Å²) >= 11 is 1.73. The van der Waals surface area contributed by atoms with E-state index in [0.717, 1.165) is 12.0 Å². The molecule has 0 aliphatic carbocycles. The van der Waals surface area contributed by atoms with Gasteiger partial charge in [-0.3, -0.25) is 4.79 Å². The summed E-state index contributed by atoms with van der Waals surface area (Å²) in [4.78, 5) is 16.7. The van der Waals surface area contributed by atoms with Crippen molar-refractivity contribution in [2.45, 2.75) is 24.3 Å². The molecule has 0 bridgehead atoms. The van der Waals surface area contributed by atoms with E-state index in [4.69, 9.17) is 0 Å². The van der Waals surface area contributed by atoms with Crippen LogP contribution >= 0.6 is 11.3 Å². The number of carbonyl (C=O) groups is 1. The monoisotopic (exact) mass is 426 g/mol. The van der Waals surface area contributed by atoms with Gasteiger partial charge < -0.3 is 4.90 Å². The van der Waals surface area contributed by atoms with Crippen molar-refractivity contribution in [2.75, 3.05) is 13.1 Å². The Balaban J connectivity index is 1.67. The Morgan fingerprint density at radius 2 is 1.83 bits per heavy atom. The highest BCUT2D eigenvalue weighted by atomic mass is 32.2. The highest BCUT2D eigenvalue weighted by molar-refractivity contribution is 7.89. The van der Waals surface area contributed by atoms with E-state index in [9.17, 15) is 13.2 Å². The number of sulfonamides is 1. The zero-order valence-electron chi connectivity index (χ0n) is 16.0. The number of rotatable bonds is 5. The van der Waals surface area contributed by atoms with Gasteiger partial charge in [-0.25, -0.2) is 13.1 Å². The molecular formula is C22H22N2O3S2. The molecule has 1 N–H and O–H groups in total. The third-order valence-corrected chi connectivity index (χ3v) is 7.65. The van der Waals surface area contributed by atoms with Gasteiger partial charge in [0.1, 0.15) is 0 Å². The highest BCUT2D eigenvalue weighted by Crippen LogP contribution is 2.38. The standard InChI is InChI=1S/C22H22N2O3S2/c1-2-23-29(26,27)18-10-8-17(9-11-18)22(25)24-14-12-20-19(13-15-28-20)21(24)16-6-4-3-5-7-16/h3-11,13,15,21,23H,2,12,14H2,1H3. The zero-order valence-corrected chi connectivity index (χ0v) is 17.7. The maximum absolute atomic E-state index is 13.4. The first-order chi connectivity index (χ1) is 14.0. The van der Waals surface area contributed by atoms with Crippen LogP contribution in [0.2, 0.25) is 0 Å². The fraction of sp³-hybridized carbons (Fsp3) is 0.227. The Labute approximate surface area is 175 Å². The predicted molar refractivity (Wildman–Crippen MR) is 115 cm³/mol. The van der Waals surface area contributed by atoms with Crippen molar-refractivity contribution < 1.29 is 13.2 Å². The van der Waals surface area contributed by atoms with Crippen LogP contribution in [-0.4, -0.2) is 32.3 Å². The van der Waals surface area contributed by atoms with Crippen LogP contribution in [0.15, 0.2) is 70.9 Å². The van der Waals surface area contributed by atoms with Gasteiger partial charge in [0.2, 0.25) is 10.0 Å². The van der Waals surface area contributed by atoms with E-state index >= 15 is 0 Å². The maximum atomic E-state index is 13.4. The molecule has 1 unspecified atom stereocenters. The molecule has 3 aromatic rings. The zero-order chi connectivity index (χ0) is 20.4. The fourth-order valence-electron chi connectivity index (χ4n) is 3.75. The Kier molecular flexibility index (Phi) is 5.54. The molecule has 150 valence electrons. The van der Waals surface area contributed by atoms with Crippen molar-refractivity contribution in [3.05, 3.63) is 87.6 Å². The van der Waals surface area contributed by atoms with E-state index in [1.165, 1.54) is 22.6 Å². The average Bonchev–Trinajstić information content (AvgIpc) is 3.22. The minimum atomic E-state index is -3.54. The van der Waals surface area contributed by atoms with Gasteiger partial charge in [-0.1, -0.05) is 37.3 Å². The Morgan fingerprint density at radius 3 is 2.52 bits per heavy atom. The normalized spacial score (nSPS) is 16.4. The SMILES string of the molecule is CCNS(=O)(=O)c1ccc(C(=O)N2CCc3sccc3C2c2ccccc2)cc1. The summed E-state index contributed by atoms with van der Waals surface area (Å²) in [5.41, 5.74) is 2.73. The van der Waals surface area contributed by atoms with Gasteiger partial charge in [0.05, 0.1) is 10.9 Å². The lowest BCUT2D eigenvalue weighted by atomic mass is 9.92. The van der Waals surface area contributed by atoms with Crippen LogP contribution in [0.5, 0.6) is 0 Å². The summed E-state index contributed by atoms with van der Waals surface area (Å²) in [5.74, 6) is -0.0944. The average molecular weight is 427 g/mol. The number of hydrogen-bond donors (Lipinski definition) is 1. The number of carbonyl (C=O) groups excluding carboxylic acids is 1. The van der Waals surface area contributed by atoms with E-state index in [1.807, 2.05) is 35.2 Å². The quantitative estimate of drug-likeness (QED) is 0.674. The molecular weight excluding hydrogens is 404 g/mol. The molecule has 0 saturated heterocycles. The summed E-state index contributed by atoms with van der Waals surface area (Å²) in [6.45, 7) is 2.68. The van der Waals surface area contributed by atoms with Gasteiger partial charge in [0, 0.05) is 23.5 Å². The molecule has 1 aliphatic rings. The first kappa shape index (κ1) is 19.8. The van der Waals surface area contributed by atoms with Crippen molar-refractivity contribution in [1.29, 1.82) is 0 Å². The molecule has 0 radical (unpaired) electrons. The summed E-state index contributed by atoms with van der Waals surface area (Å²) in [5, 5.41) is 2.08. The van der Waals surface area contributed by atoms with Crippen molar-refractivity contribution in [3.8, 4) is 0 Å². The van der Waals surface area contributed by atoms with E-state index in [0.29, 0.717) is 18.7 Å². The Morgan fingerprint density at radius 1 is 1.10 bits per heavy atom. The summed E-state index contributed by atoms with van der Waals surface area (Å²) in [6.07, 6.45) is 0.828. The van der Waals surface area contributed by atoms with Crippen LogP contribution < -0.4 is 4.72 Å². The molecule has 0 saturated carbocycles. The third-order valence-electron chi connectivity index (χ3n) is 5.09. The second-order valence-corrected chi connectivity index (χ2v) is 9.65. The number of nitrogens with one attached hydrogen (secondary N) is 1. The lowest BCUT2D eigenvalue weighted by Gasteiger charge is -2.36. The first-order valence-corrected chi connectivity index (χ1v) is 11.9. The summed E-state index contributed by atoms with van der Waals surface area (Å²) < 4.78 is 26.8. The molecule has 4 rings (SSSR count). The number of amides is 1. The minimum absolute atomic E-state index is 0.0944. The van der Waals surface area contributed by atoms with Crippen LogP contribution in [0, 0.1) is 0 Å². The predicted octanol–water partition coefficient (Wildman–Crippen LogP) is 3.83. The Hall–Kier alpha value is -2.48. The van der Waals surface area contributed by atoms with Crippen LogP contribution in [0.3, 0.4) is 0 Å². The van der Waals surface area contributed by atoms with Gasteiger partial charge in [-0.2, -0.15) is 0 Å². The van der Waals surface area contributed by atoms with Crippen LogP contribution in [0.1, 0.15) is 39.3 Å². The van der Waals surface area contributed by atoms with E-state index in [2.05, 4.69) is 16.2 Å². The lowest BCUT2D eigenvalue weighted by Crippen LogP contribution is -2.40.